The molecule has 0 aromatic carbocycles. The SMILES string of the molecule is CC(C)C1CCN(c2snc(N)c2S(C)(=O)=O)CC1. The van der Waals surface area contributed by atoms with Crippen LogP contribution < -0.4 is 10.6 Å². The Morgan fingerprint density at radius 3 is 2.42 bits per heavy atom. The Labute approximate surface area is 118 Å². The van der Waals surface area contributed by atoms with Crippen LogP contribution in [0.4, 0.5) is 10.8 Å². The molecule has 0 spiro atoms. The Morgan fingerprint density at radius 1 is 1.37 bits per heavy atom. The minimum atomic E-state index is -3.32. The standard InChI is InChI=1S/C12H21N3O2S2/c1-8(2)9-4-6-15(7-5-9)12-10(19(3,16)17)11(13)14-18-12/h8-9H,4-7H2,1-3H3,(H2,13,14). The molecule has 0 atom stereocenters. The molecule has 1 saturated heterocycles. The van der Waals surface area contributed by atoms with Gasteiger partial charge in [-0.05, 0) is 36.2 Å². The molecule has 1 aliphatic heterocycles. The highest BCUT2D eigenvalue weighted by atomic mass is 32.2. The van der Waals surface area contributed by atoms with E-state index in [2.05, 4.69) is 23.1 Å². The molecular formula is C12H21N3O2S2. The van der Waals surface area contributed by atoms with Crippen LogP contribution in [0.3, 0.4) is 0 Å². The van der Waals surface area contributed by atoms with Crippen LogP contribution in [0.1, 0.15) is 26.7 Å². The molecule has 2 heterocycles. The highest BCUT2D eigenvalue weighted by Crippen LogP contribution is 2.37. The third-order valence-corrected chi connectivity index (χ3v) is 5.99. The number of piperidine rings is 1. The van der Waals surface area contributed by atoms with Gasteiger partial charge in [0.25, 0.3) is 0 Å². The highest BCUT2D eigenvalue weighted by Gasteiger charge is 2.28. The molecule has 2 N–H and O–H groups in total. The van der Waals surface area contributed by atoms with Crippen molar-refractivity contribution < 1.29 is 8.42 Å². The van der Waals surface area contributed by atoms with E-state index in [1.54, 1.807) is 0 Å². The number of nitrogens with two attached hydrogens (primary N) is 1. The van der Waals surface area contributed by atoms with Crippen molar-refractivity contribution in [3.63, 3.8) is 0 Å². The monoisotopic (exact) mass is 303 g/mol. The lowest BCUT2D eigenvalue weighted by Crippen LogP contribution is -2.35. The predicted octanol–water partition coefficient (Wildman–Crippen LogP) is 2.00. The largest absolute Gasteiger partial charge is 0.382 e. The average molecular weight is 303 g/mol. The molecule has 0 unspecified atom stereocenters. The van der Waals surface area contributed by atoms with Crippen molar-refractivity contribution in [3.8, 4) is 0 Å². The second-order valence-corrected chi connectivity index (χ2v) is 8.25. The normalized spacial score (nSPS) is 18.2. The van der Waals surface area contributed by atoms with Gasteiger partial charge in [-0.2, -0.15) is 4.37 Å². The van der Waals surface area contributed by atoms with E-state index in [-0.39, 0.29) is 10.7 Å². The summed E-state index contributed by atoms with van der Waals surface area (Å²) in [5.41, 5.74) is 5.70. The third-order valence-electron chi connectivity index (χ3n) is 3.80. The van der Waals surface area contributed by atoms with Gasteiger partial charge in [-0.15, -0.1) is 0 Å². The van der Waals surface area contributed by atoms with Crippen LogP contribution in [-0.2, 0) is 9.84 Å². The van der Waals surface area contributed by atoms with Gasteiger partial charge in [-0.3, -0.25) is 0 Å². The summed E-state index contributed by atoms with van der Waals surface area (Å²) < 4.78 is 27.6. The van der Waals surface area contributed by atoms with Crippen molar-refractivity contribution in [2.45, 2.75) is 31.6 Å². The molecule has 1 aromatic heterocycles. The predicted molar refractivity (Wildman–Crippen MR) is 79.4 cm³/mol. The molecule has 0 radical (unpaired) electrons. The molecule has 1 fully saturated rings. The van der Waals surface area contributed by atoms with Gasteiger partial charge < -0.3 is 10.6 Å². The third kappa shape index (κ3) is 3.02. The number of hydrogen-bond acceptors (Lipinski definition) is 6. The summed E-state index contributed by atoms with van der Waals surface area (Å²) in [7, 11) is -3.32. The van der Waals surface area contributed by atoms with E-state index in [9.17, 15) is 8.42 Å². The van der Waals surface area contributed by atoms with Crippen molar-refractivity contribution in [1.82, 2.24) is 4.37 Å². The second-order valence-electron chi connectivity index (χ2n) is 5.54. The van der Waals surface area contributed by atoms with Crippen molar-refractivity contribution in [2.75, 3.05) is 30.0 Å². The minimum Gasteiger partial charge on any atom is -0.382 e. The molecule has 0 amide bonds. The number of aromatic nitrogens is 1. The molecule has 5 nitrogen and oxygen atoms in total. The van der Waals surface area contributed by atoms with Gasteiger partial charge >= 0.3 is 0 Å². The molecule has 1 aromatic rings. The maximum Gasteiger partial charge on any atom is 0.182 e. The van der Waals surface area contributed by atoms with Gasteiger partial charge in [-0.1, -0.05) is 13.8 Å². The molecule has 7 heteroatoms. The Balaban J connectivity index is 2.21. The van der Waals surface area contributed by atoms with Gasteiger partial charge in [0.15, 0.2) is 15.7 Å². The first-order chi connectivity index (χ1) is 8.80. The molecule has 2 rings (SSSR count). The summed E-state index contributed by atoms with van der Waals surface area (Å²) in [5.74, 6) is 1.54. The maximum atomic E-state index is 11.8. The van der Waals surface area contributed by atoms with Crippen LogP contribution in [0.25, 0.3) is 0 Å². The fourth-order valence-corrected chi connectivity index (χ4v) is 4.86. The molecule has 0 saturated carbocycles. The lowest BCUT2D eigenvalue weighted by Gasteiger charge is -2.34. The van der Waals surface area contributed by atoms with Gasteiger partial charge in [0.1, 0.15) is 9.90 Å². The molecule has 19 heavy (non-hydrogen) atoms. The summed E-state index contributed by atoms with van der Waals surface area (Å²) in [6, 6.07) is 0. The Kier molecular flexibility index (Phi) is 4.06. The first-order valence-corrected chi connectivity index (χ1v) is 9.17. The van der Waals surface area contributed by atoms with Crippen LogP contribution in [0.5, 0.6) is 0 Å². The van der Waals surface area contributed by atoms with Gasteiger partial charge in [-0.25, -0.2) is 8.42 Å². The minimum absolute atomic E-state index is 0.133. The van der Waals surface area contributed by atoms with E-state index in [0.717, 1.165) is 31.8 Å². The first kappa shape index (κ1) is 14.6. The van der Waals surface area contributed by atoms with Crippen molar-refractivity contribution in [2.24, 2.45) is 11.8 Å². The zero-order valence-corrected chi connectivity index (χ0v) is 13.2. The molecular weight excluding hydrogens is 282 g/mol. The molecule has 1 aliphatic rings. The number of nitrogen functional groups attached to an aromatic ring is 1. The Bertz CT molecular complexity index is 543. The maximum absolute atomic E-state index is 11.8. The van der Waals surface area contributed by atoms with Gasteiger partial charge in [0.2, 0.25) is 0 Å². The van der Waals surface area contributed by atoms with Crippen molar-refractivity contribution in [1.29, 1.82) is 0 Å². The van der Waals surface area contributed by atoms with E-state index < -0.39 is 9.84 Å². The quantitative estimate of drug-likeness (QED) is 0.924. The van der Waals surface area contributed by atoms with E-state index >= 15 is 0 Å². The summed E-state index contributed by atoms with van der Waals surface area (Å²) in [5, 5.41) is 0.710. The number of rotatable bonds is 3. The molecule has 0 bridgehead atoms. The lowest BCUT2D eigenvalue weighted by atomic mass is 9.87. The highest BCUT2D eigenvalue weighted by molar-refractivity contribution is 7.91. The zero-order chi connectivity index (χ0) is 14.2. The van der Waals surface area contributed by atoms with Crippen LogP contribution in [0.2, 0.25) is 0 Å². The van der Waals surface area contributed by atoms with E-state index in [0.29, 0.717) is 10.9 Å². The number of anilines is 2. The first-order valence-electron chi connectivity index (χ1n) is 6.51. The van der Waals surface area contributed by atoms with Crippen molar-refractivity contribution >= 4 is 32.2 Å². The molecule has 0 aliphatic carbocycles. The summed E-state index contributed by atoms with van der Waals surface area (Å²) in [6.45, 7) is 6.25. The number of sulfone groups is 1. The number of nitrogens with zero attached hydrogens (tertiary/aromatic N) is 2. The summed E-state index contributed by atoms with van der Waals surface area (Å²) in [4.78, 5) is 2.32. The zero-order valence-electron chi connectivity index (χ0n) is 11.6. The van der Waals surface area contributed by atoms with Gasteiger partial charge in [0, 0.05) is 19.3 Å². The van der Waals surface area contributed by atoms with Crippen molar-refractivity contribution in [3.05, 3.63) is 0 Å². The molecule has 108 valence electrons. The summed E-state index contributed by atoms with van der Waals surface area (Å²) >= 11 is 1.19. The second kappa shape index (κ2) is 5.28. The fourth-order valence-electron chi connectivity index (χ4n) is 2.60. The smallest absolute Gasteiger partial charge is 0.182 e. The Morgan fingerprint density at radius 2 is 1.95 bits per heavy atom. The fraction of sp³-hybridized carbons (Fsp3) is 0.750. The lowest BCUT2D eigenvalue weighted by molar-refractivity contribution is 0.311. The van der Waals surface area contributed by atoms with Crippen LogP contribution >= 0.6 is 11.5 Å². The van der Waals surface area contributed by atoms with E-state index in [4.69, 9.17) is 5.73 Å². The number of hydrogen-bond donors (Lipinski definition) is 1. The van der Waals surface area contributed by atoms with Crippen LogP contribution in [0.15, 0.2) is 4.90 Å². The Hall–Kier alpha value is -0.820. The summed E-state index contributed by atoms with van der Waals surface area (Å²) in [6.07, 6.45) is 3.38. The topological polar surface area (TPSA) is 76.3 Å². The van der Waals surface area contributed by atoms with Crippen LogP contribution in [0, 0.1) is 11.8 Å². The average Bonchev–Trinajstić information content (AvgIpc) is 2.71. The van der Waals surface area contributed by atoms with Crippen LogP contribution in [-0.4, -0.2) is 32.1 Å². The van der Waals surface area contributed by atoms with Gasteiger partial charge in [0.05, 0.1) is 0 Å². The van der Waals surface area contributed by atoms with E-state index in [1.807, 2.05) is 0 Å². The van der Waals surface area contributed by atoms with E-state index in [1.165, 1.54) is 17.8 Å².